The summed E-state index contributed by atoms with van der Waals surface area (Å²) in [7, 11) is 0. The standard InChI is InChI=1S/C37H35FN2/c1-7-37(38)17-16-30-35(33-24(5)18-21(2)19-25(33)6)40-31-15-14-26(32-22(3)10-8-11-23(32)4)20-28(31)27-12-9-13-29(37)34(27)36(40)39-30/h8-15,18-20H,7,16-17H2,1-6H3. The number of pyridine rings is 1. The molecule has 0 N–H and O–H groups in total. The van der Waals surface area contributed by atoms with Gasteiger partial charge in [0.1, 0.15) is 11.3 Å². The molecule has 3 heteroatoms. The molecule has 200 valence electrons. The zero-order valence-corrected chi connectivity index (χ0v) is 24.2. The van der Waals surface area contributed by atoms with Gasteiger partial charge >= 0.3 is 0 Å². The molecule has 4 aromatic carbocycles. The van der Waals surface area contributed by atoms with Gasteiger partial charge in [0, 0.05) is 21.9 Å². The van der Waals surface area contributed by atoms with E-state index in [4.69, 9.17) is 4.98 Å². The average Bonchev–Trinajstić information content (AvgIpc) is 3.30. The first-order valence-corrected chi connectivity index (χ1v) is 14.5. The van der Waals surface area contributed by atoms with Gasteiger partial charge in [-0.3, -0.25) is 4.40 Å². The van der Waals surface area contributed by atoms with E-state index in [2.05, 4.69) is 93.6 Å². The summed E-state index contributed by atoms with van der Waals surface area (Å²) in [6.45, 7) is 12.9. The molecule has 3 heterocycles. The highest BCUT2D eigenvalue weighted by Crippen LogP contribution is 2.47. The third-order valence-corrected chi connectivity index (χ3v) is 9.25. The largest absolute Gasteiger partial charge is 0.291 e. The normalized spacial score (nSPS) is 16.9. The monoisotopic (exact) mass is 526 g/mol. The number of fused-ring (bicyclic) bond motifs is 4. The molecule has 0 fully saturated rings. The molecule has 0 amide bonds. The number of hydrogen-bond donors (Lipinski definition) is 0. The van der Waals surface area contributed by atoms with Gasteiger partial charge in [-0.05, 0) is 105 Å². The molecule has 2 nitrogen and oxygen atoms in total. The third-order valence-electron chi connectivity index (χ3n) is 9.25. The van der Waals surface area contributed by atoms with Crippen molar-refractivity contribution in [2.45, 2.75) is 66.5 Å². The molecule has 0 spiro atoms. The number of halogens is 1. The molecule has 1 atom stereocenters. The highest BCUT2D eigenvalue weighted by Gasteiger charge is 2.36. The van der Waals surface area contributed by atoms with Crippen LogP contribution in [0.3, 0.4) is 0 Å². The van der Waals surface area contributed by atoms with Crippen molar-refractivity contribution in [3.63, 3.8) is 0 Å². The summed E-state index contributed by atoms with van der Waals surface area (Å²) in [5.74, 6) is 0. The summed E-state index contributed by atoms with van der Waals surface area (Å²) < 4.78 is 19.3. The van der Waals surface area contributed by atoms with E-state index in [-0.39, 0.29) is 0 Å². The molecule has 40 heavy (non-hydrogen) atoms. The second kappa shape index (κ2) is 8.76. The number of hydrogen-bond acceptors (Lipinski definition) is 1. The molecule has 1 aliphatic heterocycles. The molecular weight excluding hydrogens is 491 g/mol. The van der Waals surface area contributed by atoms with Crippen molar-refractivity contribution >= 4 is 27.3 Å². The van der Waals surface area contributed by atoms with Crippen LogP contribution in [0, 0.1) is 34.6 Å². The van der Waals surface area contributed by atoms with Crippen molar-refractivity contribution in [3.05, 3.63) is 106 Å². The lowest BCUT2D eigenvalue weighted by Gasteiger charge is -2.27. The minimum atomic E-state index is -1.40. The molecule has 0 saturated heterocycles. The van der Waals surface area contributed by atoms with E-state index in [0.717, 1.165) is 44.3 Å². The fraction of sp³-hybridized carbons (Fsp3) is 0.270. The first-order valence-electron chi connectivity index (χ1n) is 14.5. The summed E-state index contributed by atoms with van der Waals surface area (Å²) in [4.78, 5) is 5.31. The van der Waals surface area contributed by atoms with Crippen molar-refractivity contribution < 1.29 is 4.39 Å². The van der Waals surface area contributed by atoms with Crippen LogP contribution in [-0.2, 0) is 12.1 Å². The number of nitrogens with zero attached hydrogens (tertiary/aromatic N) is 2. The molecule has 1 unspecified atom stereocenters. The Balaban J connectivity index is 1.71. The topological polar surface area (TPSA) is 17.3 Å². The van der Waals surface area contributed by atoms with E-state index in [1.807, 2.05) is 19.1 Å². The molecule has 0 radical (unpaired) electrons. The van der Waals surface area contributed by atoms with Gasteiger partial charge in [-0.1, -0.05) is 67.1 Å². The van der Waals surface area contributed by atoms with Gasteiger partial charge in [0.25, 0.3) is 0 Å². The van der Waals surface area contributed by atoms with Crippen molar-refractivity contribution in [1.29, 1.82) is 0 Å². The number of alkyl halides is 1. The average molecular weight is 527 g/mol. The van der Waals surface area contributed by atoms with Crippen LogP contribution in [0.5, 0.6) is 0 Å². The summed E-state index contributed by atoms with van der Waals surface area (Å²) in [5, 5.41) is 3.16. The van der Waals surface area contributed by atoms with Crippen molar-refractivity contribution in [2.24, 2.45) is 0 Å². The van der Waals surface area contributed by atoms with Gasteiger partial charge < -0.3 is 0 Å². The first kappa shape index (κ1) is 25.0. The van der Waals surface area contributed by atoms with Gasteiger partial charge in [-0.25, -0.2) is 9.37 Å². The Hall–Kier alpha value is -3.98. The third kappa shape index (κ3) is 3.43. The summed E-state index contributed by atoms with van der Waals surface area (Å²) >= 11 is 0. The number of aryl methyl sites for hydroxylation is 6. The van der Waals surface area contributed by atoms with Crippen LogP contribution in [0.4, 0.5) is 4.39 Å². The molecule has 1 aliphatic rings. The van der Waals surface area contributed by atoms with Crippen LogP contribution in [0.1, 0.15) is 58.8 Å². The first-order chi connectivity index (χ1) is 19.2. The SMILES string of the molecule is CCC1(F)CCc2nc3c4c1cccc4c1cc(-c4c(C)cccc4C)ccc1n3c2-c1c(C)cc(C)cc1C. The minimum absolute atomic E-state index is 0.428. The van der Waals surface area contributed by atoms with Crippen LogP contribution in [-0.4, -0.2) is 9.38 Å². The van der Waals surface area contributed by atoms with E-state index in [1.54, 1.807) is 0 Å². The van der Waals surface area contributed by atoms with E-state index < -0.39 is 5.67 Å². The van der Waals surface area contributed by atoms with Gasteiger partial charge in [-0.2, -0.15) is 0 Å². The highest BCUT2D eigenvalue weighted by molar-refractivity contribution is 6.15. The Morgan fingerprint density at radius 1 is 0.800 bits per heavy atom. The van der Waals surface area contributed by atoms with Gasteiger partial charge in [-0.15, -0.1) is 0 Å². The van der Waals surface area contributed by atoms with E-state index in [1.165, 1.54) is 44.5 Å². The predicted molar refractivity (Wildman–Crippen MR) is 166 cm³/mol. The fourth-order valence-electron chi connectivity index (χ4n) is 7.43. The summed E-state index contributed by atoms with van der Waals surface area (Å²) in [6, 6.07) is 24.0. The predicted octanol–water partition coefficient (Wildman–Crippen LogP) is 10.0. The van der Waals surface area contributed by atoms with Crippen LogP contribution < -0.4 is 0 Å². The van der Waals surface area contributed by atoms with Crippen molar-refractivity contribution in [2.75, 3.05) is 0 Å². The zero-order valence-electron chi connectivity index (χ0n) is 24.2. The van der Waals surface area contributed by atoms with E-state index >= 15 is 4.39 Å². The molecule has 2 bridgehead atoms. The maximum atomic E-state index is 16.9. The molecule has 6 aromatic rings. The summed E-state index contributed by atoms with van der Waals surface area (Å²) in [5.41, 5.74) is 13.4. The Kier molecular flexibility index (Phi) is 5.48. The molecule has 7 rings (SSSR count). The molecule has 2 aromatic heterocycles. The maximum absolute atomic E-state index is 16.9. The van der Waals surface area contributed by atoms with Gasteiger partial charge in [0.2, 0.25) is 0 Å². The van der Waals surface area contributed by atoms with E-state index in [0.29, 0.717) is 19.3 Å². The van der Waals surface area contributed by atoms with Crippen LogP contribution in [0.15, 0.2) is 66.7 Å². The zero-order chi connectivity index (χ0) is 27.9. The summed E-state index contributed by atoms with van der Waals surface area (Å²) in [6.07, 6.45) is 1.47. The Morgan fingerprint density at radius 3 is 2.20 bits per heavy atom. The van der Waals surface area contributed by atoms with Crippen LogP contribution in [0.25, 0.3) is 49.7 Å². The smallest absolute Gasteiger partial charge is 0.146 e. The lowest BCUT2D eigenvalue weighted by Crippen LogP contribution is -2.21. The minimum Gasteiger partial charge on any atom is -0.291 e. The van der Waals surface area contributed by atoms with Crippen LogP contribution in [0.2, 0.25) is 0 Å². The Labute approximate surface area is 235 Å². The lowest BCUT2D eigenvalue weighted by atomic mass is 9.84. The Morgan fingerprint density at radius 2 is 1.50 bits per heavy atom. The quantitative estimate of drug-likeness (QED) is 0.210. The maximum Gasteiger partial charge on any atom is 0.146 e. The second-order valence-electron chi connectivity index (χ2n) is 11.9. The fourth-order valence-corrected chi connectivity index (χ4v) is 7.43. The molecule has 0 aliphatic carbocycles. The van der Waals surface area contributed by atoms with Crippen LogP contribution >= 0.6 is 0 Å². The lowest BCUT2D eigenvalue weighted by molar-refractivity contribution is 0.146. The Bertz CT molecular complexity index is 1970. The number of imidazole rings is 1. The molecule has 0 saturated carbocycles. The van der Waals surface area contributed by atoms with Crippen molar-refractivity contribution in [1.82, 2.24) is 9.38 Å². The molecular formula is C37H35FN2. The van der Waals surface area contributed by atoms with Crippen molar-refractivity contribution in [3.8, 4) is 22.4 Å². The van der Waals surface area contributed by atoms with E-state index in [9.17, 15) is 0 Å². The number of aromatic nitrogens is 2. The number of benzene rings is 4. The second-order valence-corrected chi connectivity index (χ2v) is 11.9. The highest BCUT2D eigenvalue weighted by atomic mass is 19.1. The van der Waals surface area contributed by atoms with Gasteiger partial charge in [0.15, 0.2) is 0 Å². The van der Waals surface area contributed by atoms with Gasteiger partial charge in [0.05, 0.1) is 16.9 Å². The number of rotatable bonds is 3.